The quantitative estimate of drug-likeness (QED) is 0.838. The van der Waals surface area contributed by atoms with E-state index in [1.807, 2.05) is 11.3 Å². The van der Waals surface area contributed by atoms with Crippen LogP contribution in [0.3, 0.4) is 0 Å². The van der Waals surface area contributed by atoms with Crippen molar-refractivity contribution in [2.24, 2.45) is 11.8 Å². The van der Waals surface area contributed by atoms with Crippen LogP contribution in [0.2, 0.25) is 0 Å². The Morgan fingerprint density at radius 2 is 2.24 bits per heavy atom. The summed E-state index contributed by atoms with van der Waals surface area (Å²) in [6.07, 6.45) is 7.75. The van der Waals surface area contributed by atoms with Crippen molar-refractivity contribution >= 4 is 34.5 Å². The first kappa shape index (κ1) is 18.6. The number of anilines is 1. The minimum atomic E-state index is 0.0268. The van der Waals surface area contributed by atoms with Gasteiger partial charge in [0.1, 0.15) is 5.82 Å². The molecule has 4 heterocycles. The fraction of sp³-hybridized carbons (Fsp3) is 0.435. The number of carbonyl (C=O) groups excluding carboxylic acids is 2. The average molecular weight is 408 g/mol. The van der Waals surface area contributed by atoms with Crippen molar-refractivity contribution in [3.8, 4) is 0 Å². The summed E-state index contributed by atoms with van der Waals surface area (Å²) in [5, 5.41) is 4.97. The summed E-state index contributed by atoms with van der Waals surface area (Å²) in [4.78, 5) is 32.1. The van der Waals surface area contributed by atoms with E-state index in [1.54, 1.807) is 6.20 Å². The summed E-state index contributed by atoms with van der Waals surface area (Å²) in [6.45, 7) is 3.91. The van der Waals surface area contributed by atoms with Gasteiger partial charge in [-0.1, -0.05) is 12.1 Å². The number of likely N-dealkylation sites (tertiary alicyclic amines) is 1. The Kier molecular flexibility index (Phi) is 4.74. The Morgan fingerprint density at radius 3 is 3.03 bits per heavy atom. The van der Waals surface area contributed by atoms with E-state index in [0.717, 1.165) is 37.1 Å². The standard InChI is InChI=1S/C23H25N3O2S/c1-14-6-7-29-22(14)17-9-18-12-26(13-19(18)10-17)21(28)5-2-15-8-16-3-4-20(27)25-23(16)24-11-15/h6-9,11,18-19H,2-5,10,12-13H2,1H3,(H,24,25,27). The van der Waals surface area contributed by atoms with E-state index in [0.29, 0.717) is 36.9 Å². The average Bonchev–Trinajstić information content (AvgIpc) is 3.40. The molecule has 0 spiro atoms. The Hall–Kier alpha value is -2.47. The van der Waals surface area contributed by atoms with E-state index >= 15 is 0 Å². The molecule has 2 amide bonds. The lowest BCUT2D eigenvalue weighted by atomic mass is 9.99. The van der Waals surface area contributed by atoms with Crippen molar-refractivity contribution in [1.82, 2.24) is 9.88 Å². The summed E-state index contributed by atoms with van der Waals surface area (Å²) < 4.78 is 0. The second-order valence-corrected chi connectivity index (χ2v) is 9.37. The highest BCUT2D eigenvalue weighted by molar-refractivity contribution is 7.11. The van der Waals surface area contributed by atoms with Crippen molar-refractivity contribution in [2.75, 3.05) is 18.4 Å². The molecule has 29 heavy (non-hydrogen) atoms. The number of pyridine rings is 1. The van der Waals surface area contributed by atoms with Gasteiger partial charge < -0.3 is 10.2 Å². The van der Waals surface area contributed by atoms with Gasteiger partial charge in [-0.05, 0) is 71.7 Å². The normalized spacial score (nSPS) is 22.9. The highest BCUT2D eigenvalue weighted by atomic mass is 32.1. The minimum Gasteiger partial charge on any atom is -0.342 e. The molecule has 0 saturated carbocycles. The number of allylic oxidation sites excluding steroid dienone is 1. The van der Waals surface area contributed by atoms with Crippen LogP contribution in [0.5, 0.6) is 0 Å². The first-order valence-corrected chi connectivity index (χ1v) is 11.3. The van der Waals surface area contributed by atoms with Gasteiger partial charge in [0.05, 0.1) is 0 Å². The molecule has 3 aliphatic rings. The van der Waals surface area contributed by atoms with Crippen LogP contribution in [0, 0.1) is 18.8 Å². The second-order valence-electron chi connectivity index (χ2n) is 8.45. The maximum absolute atomic E-state index is 12.8. The fourth-order valence-electron chi connectivity index (χ4n) is 4.84. The van der Waals surface area contributed by atoms with Gasteiger partial charge in [0, 0.05) is 37.0 Å². The molecule has 6 heteroatoms. The van der Waals surface area contributed by atoms with Crippen LogP contribution in [0.1, 0.15) is 40.8 Å². The number of hydrogen-bond donors (Lipinski definition) is 1. The Balaban J connectivity index is 1.18. The molecule has 1 aliphatic carbocycles. The smallest absolute Gasteiger partial charge is 0.225 e. The molecule has 2 unspecified atom stereocenters. The lowest BCUT2D eigenvalue weighted by Gasteiger charge is -2.18. The number of nitrogens with one attached hydrogen (secondary N) is 1. The maximum Gasteiger partial charge on any atom is 0.225 e. The van der Waals surface area contributed by atoms with Crippen LogP contribution in [0.4, 0.5) is 5.82 Å². The van der Waals surface area contributed by atoms with Gasteiger partial charge in [-0.15, -0.1) is 11.3 Å². The zero-order chi connectivity index (χ0) is 20.0. The van der Waals surface area contributed by atoms with Crippen molar-refractivity contribution in [3.05, 3.63) is 51.4 Å². The van der Waals surface area contributed by atoms with Crippen LogP contribution in [0.25, 0.3) is 5.57 Å². The lowest BCUT2D eigenvalue weighted by Crippen LogP contribution is -2.29. The van der Waals surface area contributed by atoms with E-state index in [4.69, 9.17) is 0 Å². The molecular formula is C23H25N3O2S. The highest BCUT2D eigenvalue weighted by Crippen LogP contribution is 2.43. The van der Waals surface area contributed by atoms with E-state index in [1.165, 1.54) is 16.0 Å². The van der Waals surface area contributed by atoms with Crippen molar-refractivity contribution < 1.29 is 9.59 Å². The van der Waals surface area contributed by atoms with Crippen LogP contribution in [-0.2, 0) is 22.4 Å². The van der Waals surface area contributed by atoms with Crippen molar-refractivity contribution in [1.29, 1.82) is 0 Å². The first-order valence-electron chi connectivity index (χ1n) is 10.4. The van der Waals surface area contributed by atoms with Gasteiger partial charge in [-0.3, -0.25) is 9.59 Å². The van der Waals surface area contributed by atoms with Crippen molar-refractivity contribution in [3.63, 3.8) is 0 Å². The Bertz CT molecular complexity index is 1010. The third kappa shape index (κ3) is 3.62. The number of nitrogens with zero attached hydrogens (tertiary/aromatic N) is 2. The molecule has 1 saturated heterocycles. The molecule has 1 N–H and O–H groups in total. The Labute approximate surface area is 174 Å². The molecule has 2 atom stereocenters. The van der Waals surface area contributed by atoms with Crippen molar-refractivity contribution in [2.45, 2.75) is 39.0 Å². The van der Waals surface area contributed by atoms with Crippen LogP contribution < -0.4 is 5.32 Å². The third-order valence-electron chi connectivity index (χ3n) is 6.43. The minimum absolute atomic E-state index is 0.0268. The maximum atomic E-state index is 12.8. The van der Waals surface area contributed by atoms with Gasteiger partial charge in [-0.2, -0.15) is 0 Å². The van der Waals surface area contributed by atoms with E-state index < -0.39 is 0 Å². The monoisotopic (exact) mass is 407 g/mol. The highest BCUT2D eigenvalue weighted by Gasteiger charge is 2.38. The van der Waals surface area contributed by atoms with Gasteiger partial charge in [0.25, 0.3) is 0 Å². The van der Waals surface area contributed by atoms with E-state index in [2.05, 4.69) is 45.7 Å². The number of aromatic nitrogens is 1. The van der Waals surface area contributed by atoms with Crippen LogP contribution in [-0.4, -0.2) is 34.8 Å². The zero-order valence-corrected chi connectivity index (χ0v) is 17.4. The van der Waals surface area contributed by atoms with Gasteiger partial charge >= 0.3 is 0 Å². The topological polar surface area (TPSA) is 62.3 Å². The number of hydrogen-bond acceptors (Lipinski definition) is 4. The molecule has 2 aromatic rings. The molecule has 2 aliphatic heterocycles. The van der Waals surface area contributed by atoms with E-state index in [-0.39, 0.29) is 11.8 Å². The second kappa shape index (κ2) is 7.41. The zero-order valence-electron chi connectivity index (χ0n) is 16.6. The summed E-state index contributed by atoms with van der Waals surface area (Å²) in [6, 6.07) is 4.28. The first-order chi connectivity index (χ1) is 14.1. The molecule has 150 valence electrons. The number of thiophene rings is 1. The lowest BCUT2D eigenvalue weighted by molar-refractivity contribution is -0.130. The molecule has 0 radical (unpaired) electrons. The molecule has 5 rings (SSSR count). The van der Waals surface area contributed by atoms with Crippen LogP contribution in [0.15, 0.2) is 29.8 Å². The molecule has 1 fully saturated rings. The molecule has 5 nitrogen and oxygen atoms in total. The molecular weight excluding hydrogens is 382 g/mol. The summed E-state index contributed by atoms with van der Waals surface area (Å²) in [5.74, 6) is 2.02. The van der Waals surface area contributed by atoms with E-state index in [9.17, 15) is 9.59 Å². The third-order valence-corrected chi connectivity index (χ3v) is 7.52. The van der Waals surface area contributed by atoms with Gasteiger partial charge in [-0.25, -0.2) is 4.98 Å². The van der Waals surface area contributed by atoms with Gasteiger partial charge in [0.15, 0.2) is 0 Å². The number of rotatable bonds is 4. The largest absolute Gasteiger partial charge is 0.342 e. The predicted octanol–water partition coefficient (Wildman–Crippen LogP) is 3.83. The molecule has 0 bridgehead atoms. The van der Waals surface area contributed by atoms with Gasteiger partial charge in [0.2, 0.25) is 11.8 Å². The summed E-state index contributed by atoms with van der Waals surface area (Å²) in [5.41, 5.74) is 4.99. The fourth-order valence-corrected chi connectivity index (χ4v) is 5.80. The summed E-state index contributed by atoms with van der Waals surface area (Å²) in [7, 11) is 0. The van der Waals surface area contributed by atoms with Crippen LogP contribution >= 0.6 is 11.3 Å². The Morgan fingerprint density at radius 1 is 1.34 bits per heavy atom. The number of aryl methyl sites for hydroxylation is 3. The number of fused-ring (bicyclic) bond motifs is 2. The number of amides is 2. The SMILES string of the molecule is Cc1ccsc1C1=CC2CN(C(=O)CCc3cnc4c(c3)CCC(=O)N4)CC2C1. The molecule has 2 aromatic heterocycles. The predicted molar refractivity (Wildman–Crippen MR) is 115 cm³/mol. The summed E-state index contributed by atoms with van der Waals surface area (Å²) >= 11 is 1.83. The molecule has 0 aromatic carbocycles. The number of carbonyl (C=O) groups is 2.